The van der Waals surface area contributed by atoms with Crippen molar-refractivity contribution in [2.24, 2.45) is 0 Å². The Morgan fingerprint density at radius 2 is 2.10 bits per heavy atom. The summed E-state index contributed by atoms with van der Waals surface area (Å²) < 4.78 is 5.82. The molecule has 0 fully saturated rings. The average Bonchev–Trinajstić information content (AvgIpc) is 2.39. The number of amides is 1. The monoisotopic (exact) mass is 345 g/mol. The van der Waals surface area contributed by atoms with E-state index in [-0.39, 0.29) is 18.9 Å². The highest BCUT2D eigenvalue weighted by atomic mass is 79.9. The second-order valence-corrected chi connectivity index (χ2v) is 5.34. The van der Waals surface area contributed by atoms with Gasteiger partial charge in [0, 0.05) is 4.47 Å². The molecule has 3 N–H and O–H groups in total. The summed E-state index contributed by atoms with van der Waals surface area (Å²) in [5.74, 6) is -1.16. The molecule has 0 bridgehead atoms. The highest BCUT2D eigenvalue weighted by Crippen LogP contribution is 2.22. The topological polar surface area (TPSA) is 95.9 Å². The van der Waals surface area contributed by atoms with Crippen LogP contribution >= 0.6 is 15.9 Å². The summed E-state index contributed by atoms with van der Waals surface area (Å²) in [5.41, 5.74) is -1.28. The fourth-order valence-electron chi connectivity index (χ4n) is 1.40. The second-order valence-electron chi connectivity index (χ2n) is 4.49. The maximum Gasteiger partial charge on any atom is 0.337 e. The third-order valence-electron chi connectivity index (χ3n) is 2.69. The number of rotatable bonds is 6. The zero-order valence-electron chi connectivity index (χ0n) is 11.1. The maximum atomic E-state index is 11.8. The van der Waals surface area contributed by atoms with Gasteiger partial charge in [0.2, 0.25) is 5.91 Å². The first kappa shape index (κ1) is 16.5. The van der Waals surface area contributed by atoms with Crippen molar-refractivity contribution in [3.05, 3.63) is 28.2 Å². The smallest absolute Gasteiger partial charge is 0.337 e. The zero-order chi connectivity index (χ0) is 15.3. The van der Waals surface area contributed by atoms with Gasteiger partial charge in [0.25, 0.3) is 0 Å². The lowest BCUT2D eigenvalue weighted by Gasteiger charge is -2.18. The molecule has 0 radical (unpaired) electrons. The molecule has 0 saturated carbocycles. The van der Waals surface area contributed by atoms with Crippen LogP contribution in [0.15, 0.2) is 22.7 Å². The number of methoxy groups -OCH3 is 1. The molecule has 0 heterocycles. The van der Waals surface area contributed by atoms with Gasteiger partial charge in [0.15, 0.2) is 5.60 Å². The van der Waals surface area contributed by atoms with Gasteiger partial charge in [-0.15, -0.1) is 0 Å². The van der Waals surface area contributed by atoms with Gasteiger partial charge in [0.1, 0.15) is 5.75 Å². The van der Waals surface area contributed by atoms with Gasteiger partial charge in [0.05, 0.1) is 20.1 Å². The molecular formula is C13H16BrNO5. The van der Waals surface area contributed by atoms with Crippen LogP contribution in [-0.4, -0.2) is 41.3 Å². The van der Waals surface area contributed by atoms with Crippen LogP contribution in [0.1, 0.15) is 12.5 Å². The molecule has 0 saturated heterocycles. The molecule has 1 aromatic carbocycles. The van der Waals surface area contributed by atoms with Crippen LogP contribution in [-0.2, 0) is 16.0 Å². The summed E-state index contributed by atoms with van der Waals surface area (Å²) in [6.07, 6.45) is 0.0491. The summed E-state index contributed by atoms with van der Waals surface area (Å²) in [5, 5.41) is 20.6. The Morgan fingerprint density at radius 1 is 1.45 bits per heavy atom. The predicted molar refractivity (Wildman–Crippen MR) is 75.7 cm³/mol. The summed E-state index contributed by atoms with van der Waals surface area (Å²) in [7, 11) is 1.52. The van der Waals surface area contributed by atoms with Crippen LogP contribution in [0.5, 0.6) is 5.75 Å². The molecule has 1 amide bonds. The molecule has 1 rings (SSSR count). The Hall–Kier alpha value is -1.60. The quantitative estimate of drug-likeness (QED) is 0.713. The molecule has 110 valence electrons. The number of halogens is 1. The van der Waals surface area contributed by atoms with E-state index in [4.69, 9.17) is 9.84 Å². The molecular weight excluding hydrogens is 330 g/mol. The first-order valence-corrected chi connectivity index (χ1v) is 6.60. The Balaban J connectivity index is 2.65. The number of nitrogens with one attached hydrogen (secondary N) is 1. The molecule has 20 heavy (non-hydrogen) atoms. The number of aliphatic carboxylic acids is 1. The van der Waals surface area contributed by atoms with Crippen LogP contribution in [0.4, 0.5) is 0 Å². The minimum Gasteiger partial charge on any atom is -0.497 e. The lowest BCUT2D eigenvalue weighted by atomic mass is 10.1. The van der Waals surface area contributed by atoms with Crippen LogP contribution in [0, 0.1) is 0 Å². The molecule has 0 aliphatic heterocycles. The van der Waals surface area contributed by atoms with Gasteiger partial charge < -0.3 is 20.3 Å². The highest BCUT2D eigenvalue weighted by molar-refractivity contribution is 9.10. The van der Waals surface area contributed by atoms with Crippen LogP contribution in [0.2, 0.25) is 0 Å². The molecule has 0 spiro atoms. The molecule has 0 aromatic heterocycles. The molecule has 0 aliphatic carbocycles. The van der Waals surface area contributed by atoms with E-state index < -0.39 is 11.6 Å². The van der Waals surface area contributed by atoms with Crippen LogP contribution in [0.3, 0.4) is 0 Å². The Kier molecular flexibility index (Phi) is 5.52. The van der Waals surface area contributed by atoms with E-state index in [9.17, 15) is 14.7 Å². The normalized spacial score (nSPS) is 13.4. The first-order valence-electron chi connectivity index (χ1n) is 5.81. The van der Waals surface area contributed by atoms with E-state index >= 15 is 0 Å². The second kappa shape index (κ2) is 6.71. The van der Waals surface area contributed by atoms with Crippen molar-refractivity contribution >= 4 is 27.8 Å². The number of ether oxygens (including phenoxy) is 1. The van der Waals surface area contributed by atoms with Crippen molar-refractivity contribution in [2.45, 2.75) is 18.9 Å². The number of benzene rings is 1. The third kappa shape index (κ3) is 4.50. The maximum absolute atomic E-state index is 11.8. The largest absolute Gasteiger partial charge is 0.497 e. The zero-order valence-corrected chi connectivity index (χ0v) is 12.7. The van der Waals surface area contributed by atoms with E-state index in [0.29, 0.717) is 11.3 Å². The number of carbonyl (C=O) groups excluding carboxylic acids is 1. The minimum absolute atomic E-state index is 0.0491. The number of aliphatic hydroxyl groups is 1. The Morgan fingerprint density at radius 3 is 2.65 bits per heavy atom. The number of hydrogen-bond donors (Lipinski definition) is 3. The van der Waals surface area contributed by atoms with Crippen molar-refractivity contribution < 1.29 is 24.5 Å². The molecule has 6 nitrogen and oxygen atoms in total. The van der Waals surface area contributed by atoms with Crippen LogP contribution < -0.4 is 10.1 Å². The fraction of sp³-hybridized carbons (Fsp3) is 0.385. The van der Waals surface area contributed by atoms with E-state index in [1.54, 1.807) is 18.2 Å². The van der Waals surface area contributed by atoms with Gasteiger partial charge in [-0.1, -0.05) is 15.9 Å². The van der Waals surface area contributed by atoms with Crippen LogP contribution in [0.25, 0.3) is 0 Å². The lowest BCUT2D eigenvalue weighted by Crippen LogP contribution is -2.46. The predicted octanol–water partition coefficient (Wildman–Crippen LogP) is 0.952. The van der Waals surface area contributed by atoms with Gasteiger partial charge in [-0.05, 0) is 30.7 Å². The van der Waals surface area contributed by atoms with E-state index in [2.05, 4.69) is 21.2 Å². The molecule has 0 aliphatic rings. The number of hydrogen-bond acceptors (Lipinski definition) is 4. The van der Waals surface area contributed by atoms with Gasteiger partial charge in [-0.2, -0.15) is 0 Å². The van der Waals surface area contributed by atoms with Crippen molar-refractivity contribution in [2.75, 3.05) is 13.7 Å². The summed E-state index contributed by atoms with van der Waals surface area (Å²) >= 11 is 3.32. The molecule has 1 unspecified atom stereocenters. The van der Waals surface area contributed by atoms with Gasteiger partial charge >= 0.3 is 5.97 Å². The Labute approximate surface area is 124 Å². The lowest BCUT2D eigenvalue weighted by molar-refractivity contribution is -0.156. The summed E-state index contributed by atoms with van der Waals surface area (Å²) in [6.45, 7) is 0.764. The molecule has 1 atom stereocenters. The minimum atomic E-state index is -1.98. The first-order chi connectivity index (χ1) is 9.26. The van der Waals surface area contributed by atoms with E-state index in [0.717, 1.165) is 11.4 Å². The highest BCUT2D eigenvalue weighted by Gasteiger charge is 2.30. The molecule has 7 heteroatoms. The SMILES string of the molecule is COc1ccc(Br)c(CC(=O)NCC(C)(O)C(=O)O)c1. The summed E-state index contributed by atoms with van der Waals surface area (Å²) in [6, 6.07) is 5.22. The van der Waals surface area contributed by atoms with Crippen molar-refractivity contribution in [3.63, 3.8) is 0 Å². The van der Waals surface area contributed by atoms with Crippen molar-refractivity contribution in [1.29, 1.82) is 0 Å². The number of carbonyl (C=O) groups is 2. The van der Waals surface area contributed by atoms with Gasteiger partial charge in [-0.3, -0.25) is 4.79 Å². The summed E-state index contributed by atoms with van der Waals surface area (Å²) in [4.78, 5) is 22.5. The number of carboxylic acids is 1. The average molecular weight is 346 g/mol. The van der Waals surface area contributed by atoms with Crippen molar-refractivity contribution in [3.8, 4) is 5.75 Å². The molecule has 1 aromatic rings. The van der Waals surface area contributed by atoms with Gasteiger partial charge in [-0.25, -0.2) is 4.79 Å². The van der Waals surface area contributed by atoms with E-state index in [1.165, 1.54) is 7.11 Å². The van der Waals surface area contributed by atoms with Crippen molar-refractivity contribution in [1.82, 2.24) is 5.32 Å². The fourth-order valence-corrected chi connectivity index (χ4v) is 1.78. The van der Waals surface area contributed by atoms with E-state index in [1.807, 2.05) is 0 Å². The number of carboxylic acid groups (broad SMARTS) is 1. The third-order valence-corrected chi connectivity index (χ3v) is 3.47. The standard InChI is InChI=1S/C13H16BrNO5/c1-13(19,12(17)18)7-15-11(16)6-8-5-9(20-2)3-4-10(8)14/h3-5,19H,6-7H2,1-2H3,(H,15,16)(H,17,18). The Bertz CT molecular complexity index is 515.